The van der Waals surface area contributed by atoms with Crippen LogP contribution in [0.4, 0.5) is 5.69 Å². The summed E-state index contributed by atoms with van der Waals surface area (Å²) >= 11 is 0. The van der Waals surface area contributed by atoms with E-state index in [0.717, 1.165) is 0 Å². The number of rotatable bonds is 3. The molecule has 0 aromatic heterocycles. The van der Waals surface area contributed by atoms with Gasteiger partial charge < -0.3 is 4.74 Å². The molecular formula is C13H10NO3. The summed E-state index contributed by atoms with van der Waals surface area (Å²) in [4.78, 5) is 10.3. The molecule has 0 bridgehead atoms. The number of benzene rings is 2. The summed E-state index contributed by atoms with van der Waals surface area (Å²) in [6.07, 6.45) is 0. The normalized spacial score (nSPS) is 9.94. The summed E-state index contributed by atoms with van der Waals surface area (Å²) in [6.45, 7) is 3.80. The average Bonchev–Trinajstić information content (AvgIpc) is 2.32. The van der Waals surface area contributed by atoms with Crippen LogP contribution < -0.4 is 4.74 Å². The average molecular weight is 228 g/mol. The Morgan fingerprint density at radius 2 is 1.59 bits per heavy atom. The second-order valence-corrected chi connectivity index (χ2v) is 3.43. The number of ether oxygens (including phenoxy) is 1. The number of nitrogens with zero attached hydrogens (tertiary/aromatic N) is 1. The SMILES string of the molecule is [CH2]c1ccccc1Oc1ccccc1[N+](=O)[O-]. The molecule has 0 aliphatic carbocycles. The van der Waals surface area contributed by atoms with Gasteiger partial charge in [-0.1, -0.05) is 30.3 Å². The Bertz CT molecular complexity index is 552. The van der Waals surface area contributed by atoms with Crippen LogP contribution in [0, 0.1) is 17.0 Å². The summed E-state index contributed by atoms with van der Waals surface area (Å²) in [5.41, 5.74) is 0.626. The Balaban J connectivity index is 2.37. The van der Waals surface area contributed by atoms with Crippen molar-refractivity contribution in [3.05, 3.63) is 71.1 Å². The van der Waals surface area contributed by atoms with Crippen LogP contribution in [0.5, 0.6) is 11.5 Å². The van der Waals surface area contributed by atoms with Crippen LogP contribution in [0.1, 0.15) is 5.56 Å². The minimum Gasteiger partial charge on any atom is -0.450 e. The van der Waals surface area contributed by atoms with Crippen LogP contribution in [-0.2, 0) is 0 Å². The lowest BCUT2D eigenvalue weighted by molar-refractivity contribution is -0.385. The number of hydrogen-bond acceptors (Lipinski definition) is 3. The van der Waals surface area contributed by atoms with Crippen molar-refractivity contribution in [1.82, 2.24) is 0 Å². The van der Waals surface area contributed by atoms with Crippen LogP contribution in [0.15, 0.2) is 48.5 Å². The Kier molecular flexibility index (Phi) is 3.05. The van der Waals surface area contributed by atoms with Crippen molar-refractivity contribution in [3.8, 4) is 11.5 Å². The van der Waals surface area contributed by atoms with E-state index in [9.17, 15) is 10.1 Å². The lowest BCUT2D eigenvalue weighted by Crippen LogP contribution is -1.93. The zero-order chi connectivity index (χ0) is 12.3. The number of nitro benzene ring substituents is 1. The number of para-hydroxylation sites is 3. The van der Waals surface area contributed by atoms with Gasteiger partial charge in [0.25, 0.3) is 0 Å². The molecule has 0 amide bonds. The standard InChI is InChI=1S/C13H10NO3/c1-10-6-2-4-8-12(10)17-13-9-5-3-7-11(13)14(15)16/h2-9H,1H2. The zero-order valence-electron chi connectivity index (χ0n) is 9.00. The summed E-state index contributed by atoms with van der Waals surface area (Å²) in [7, 11) is 0. The van der Waals surface area contributed by atoms with E-state index in [1.807, 2.05) is 6.07 Å². The van der Waals surface area contributed by atoms with Crippen molar-refractivity contribution in [2.45, 2.75) is 0 Å². The fourth-order valence-corrected chi connectivity index (χ4v) is 1.42. The highest BCUT2D eigenvalue weighted by molar-refractivity contribution is 5.49. The third-order valence-corrected chi connectivity index (χ3v) is 2.25. The summed E-state index contributed by atoms with van der Waals surface area (Å²) in [6, 6.07) is 13.4. The Labute approximate surface area is 98.6 Å². The zero-order valence-corrected chi connectivity index (χ0v) is 9.00. The fourth-order valence-electron chi connectivity index (χ4n) is 1.42. The van der Waals surface area contributed by atoms with E-state index < -0.39 is 4.92 Å². The molecule has 85 valence electrons. The van der Waals surface area contributed by atoms with Gasteiger partial charge in [-0.15, -0.1) is 0 Å². The first-order valence-corrected chi connectivity index (χ1v) is 5.01. The Hall–Kier alpha value is -2.36. The van der Waals surface area contributed by atoms with Crippen LogP contribution in [0.3, 0.4) is 0 Å². The van der Waals surface area contributed by atoms with Crippen molar-refractivity contribution in [1.29, 1.82) is 0 Å². The Morgan fingerprint density at radius 3 is 2.24 bits per heavy atom. The van der Waals surface area contributed by atoms with E-state index in [1.54, 1.807) is 36.4 Å². The van der Waals surface area contributed by atoms with E-state index in [1.165, 1.54) is 6.07 Å². The quantitative estimate of drug-likeness (QED) is 0.596. The van der Waals surface area contributed by atoms with Gasteiger partial charge >= 0.3 is 5.69 Å². The maximum absolute atomic E-state index is 10.8. The highest BCUT2D eigenvalue weighted by Crippen LogP contribution is 2.31. The van der Waals surface area contributed by atoms with Gasteiger partial charge in [0.15, 0.2) is 0 Å². The first kappa shape index (κ1) is 11.1. The molecule has 17 heavy (non-hydrogen) atoms. The highest BCUT2D eigenvalue weighted by atomic mass is 16.6. The molecular weight excluding hydrogens is 218 g/mol. The first-order valence-electron chi connectivity index (χ1n) is 5.01. The van der Waals surface area contributed by atoms with Crippen molar-refractivity contribution < 1.29 is 9.66 Å². The van der Waals surface area contributed by atoms with Crippen molar-refractivity contribution in [2.75, 3.05) is 0 Å². The molecule has 1 radical (unpaired) electrons. The summed E-state index contributed by atoms with van der Waals surface area (Å²) in [5, 5.41) is 10.8. The number of nitro groups is 1. The third-order valence-electron chi connectivity index (χ3n) is 2.25. The second-order valence-electron chi connectivity index (χ2n) is 3.43. The highest BCUT2D eigenvalue weighted by Gasteiger charge is 2.14. The fraction of sp³-hybridized carbons (Fsp3) is 0. The van der Waals surface area contributed by atoms with Gasteiger partial charge in [0, 0.05) is 6.07 Å². The molecule has 0 atom stereocenters. The predicted molar refractivity (Wildman–Crippen MR) is 64.1 cm³/mol. The van der Waals surface area contributed by atoms with E-state index >= 15 is 0 Å². The second kappa shape index (κ2) is 4.65. The van der Waals surface area contributed by atoms with Gasteiger partial charge in [-0.05, 0) is 24.6 Å². The maximum atomic E-state index is 10.8. The van der Waals surface area contributed by atoms with Gasteiger partial charge in [-0.2, -0.15) is 0 Å². The minimum atomic E-state index is -0.471. The molecule has 0 saturated heterocycles. The van der Waals surface area contributed by atoms with Crippen LogP contribution in [0.25, 0.3) is 0 Å². The van der Waals surface area contributed by atoms with E-state index in [4.69, 9.17) is 4.74 Å². The lowest BCUT2D eigenvalue weighted by atomic mass is 10.2. The van der Waals surface area contributed by atoms with E-state index in [2.05, 4.69) is 6.92 Å². The van der Waals surface area contributed by atoms with Gasteiger partial charge in [-0.25, -0.2) is 0 Å². The van der Waals surface area contributed by atoms with Gasteiger partial charge in [0.05, 0.1) is 4.92 Å². The van der Waals surface area contributed by atoms with E-state index in [-0.39, 0.29) is 11.4 Å². The van der Waals surface area contributed by atoms with Crippen LogP contribution in [-0.4, -0.2) is 4.92 Å². The van der Waals surface area contributed by atoms with Crippen molar-refractivity contribution >= 4 is 5.69 Å². The van der Waals surface area contributed by atoms with Crippen LogP contribution in [0.2, 0.25) is 0 Å². The molecule has 0 aliphatic rings. The van der Waals surface area contributed by atoms with Gasteiger partial charge in [-0.3, -0.25) is 10.1 Å². The smallest absolute Gasteiger partial charge is 0.311 e. The lowest BCUT2D eigenvalue weighted by Gasteiger charge is -2.08. The minimum absolute atomic E-state index is 0.0595. The largest absolute Gasteiger partial charge is 0.450 e. The summed E-state index contributed by atoms with van der Waals surface area (Å²) < 4.78 is 5.50. The molecule has 0 unspecified atom stereocenters. The maximum Gasteiger partial charge on any atom is 0.311 e. The van der Waals surface area contributed by atoms with Crippen molar-refractivity contribution in [3.63, 3.8) is 0 Å². The van der Waals surface area contributed by atoms with Gasteiger partial charge in [0.1, 0.15) is 5.75 Å². The monoisotopic (exact) mass is 228 g/mol. The summed E-state index contributed by atoms with van der Waals surface area (Å²) in [5.74, 6) is 0.732. The molecule has 0 fully saturated rings. The number of hydrogen-bond donors (Lipinski definition) is 0. The third kappa shape index (κ3) is 2.42. The molecule has 2 aromatic carbocycles. The first-order chi connectivity index (χ1) is 8.18. The molecule has 0 spiro atoms. The Morgan fingerprint density at radius 1 is 1.00 bits per heavy atom. The van der Waals surface area contributed by atoms with Crippen LogP contribution >= 0.6 is 0 Å². The molecule has 0 saturated carbocycles. The molecule has 4 heteroatoms. The van der Waals surface area contributed by atoms with Gasteiger partial charge in [0.2, 0.25) is 5.75 Å². The molecule has 2 aromatic rings. The van der Waals surface area contributed by atoms with E-state index in [0.29, 0.717) is 11.3 Å². The van der Waals surface area contributed by atoms with Crippen molar-refractivity contribution in [2.24, 2.45) is 0 Å². The predicted octanol–water partition coefficient (Wildman–Crippen LogP) is 3.57. The molecule has 4 nitrogen and oxygen atoms in total. The molecule has 2 rings (SSSR count). The molecule has 0 heterocycles. The topological polar surface area (TPSA) is 52.4 Å². The molecule has 0 N–H and O–H groups in total. The molecule has 0 aliphatic heterocycles.